The Kier molecular flexibility index (Phi) is 6.22. The van der Waals surface area contributed by atoms with Crippen molar-refractivity contribution in [3.8, 4) is 5.75 Å². The third-order valence-corrected chi connectivity index (χ3v) is 7.61. The molecule has 2 saturated heterocycles. The molecule has 198 valence electrons. The minimum atomic E-state index is -0.901. The maximum Gasteiger partial charge on any atom is 0.291 e. The fraction of sp³-hybridized carbons (Fsp3) is 0.407. The van der Waals surface area contributed by atoms with Crippen LogP contribution in [0.4, 0.5) is 15.8 Å². The Morgan fingerprint density at radius 3 is 2.68 bits per heavy atom. The number of hydrogen-bond acceptors (Lipinski definition) is 7. The molecule has 0 aliphatic carbocycles. The highest BCUT2D eigenvalue weighted by Crippen LogP contribution is 2.44. The molecule has 10 nitrogen and oxygen atoms in total. The number of aromatic nitrogens is 3. The van der Waals surface area contributed by atoms with Crippen molar-refractivity contribution >= 4 is 23.2 Å². The van der Waals surface area contributed by atoms with E-state index in [2.05, 4.69) is 20.3 Å². The van der Waals surface area contributed by atoms with E-state index >= 15 is 0 Å². The summed E-state index contributed by atoms with van der Waals surface area (Å²) in [4.78, 5) is 34.1. The number of rotatable bonds is 5. The number of halogens is 1. The molecule has 2 aromatic carbocycles. The van der Waals surface area contributed by atoms with Crippen LogP contribution >= 0.6 is 0 Å². The summed E-state index contributed by atoms with van der Waals surface area (Å²) in [5.74, 6) is -0.664. The number of fused-ring (bicyclic) bond motifs is 1. The number of nitrogens with zero attached hydrogens (tertiary/aromatic N) is 5. The molecular weight excluding hydrogens is 491 g/mol. The fourth-order valence-corrected chi connectivity index (χ4v) is 5.33. The van der Waals surface area contributed by atoms with E-state index in [0.29, 0.717) is 23.4 Å². The van der Waals surface area contributed by atoms with Gasteiger partial charge in [-0.15, -0.1) is 5.10 Å². The first kappa shape index (κ1) is 24.4. The Bertz CT molecular complexity index is 1350. The lowest BCUT2D eigenvalue weighted by Gasteiger charge is -2.53. The Balaban J connectivity index is 1.10. The second kappa shape index (κ2) is 9.71. The average Bonchev–Trinajstić information content (AvgIpc) is 3.35. The molecule has 2 amide bonds. The highest BCUT2D eigenvalue weighted by molar-refractivity contribution is 6.02. The molecule has 6 rings (SSSR count). The van der Waals surface area contributed by atoms with Gasteiger partial charge in [0.15, 0.2) is 0 Å². The predicted octanol–water partition coefficient (Wildman–Crippen LogP) is 2.24. The molecule has 3 aliphatic rings. The largest absolute Gasteiger partial charge is 0.489 e. The Hall–Kier alpha value is -3.99. The molecule has 3 aliphatic heterocycles. The van der Waals surface area contributed by atoms with Gasteiger partial charge in [-0.1, -0.05) is 12.1 Å². The van der Waals surface area contributed by atoms with Gasteiger partial charge in [0.2, 0.25) is 5.82 Å². The molecular formula is C27H29FN6O4. The van der Waals surface area contributed by atoms with Crippen LogP contribution < -0.4 is 19.9 Å². The first-order valence-corrected chi connectivity index (χ1v) is 12.7. The zero-order valence-electron chi connectivity index (χ0n) is 21.1. The number of ether oxygens (including phenoxy) is 2. The quantitative estimate of drug-likeness (QED) is 0.551. The van der Waals surface area contributed by atoms with Crippen molar-refractivity contribution in [3.63, 3.8) is 0 Å². The highest BCUT2D eigenvalue weighted by Gasteiger charge is 2.44. The second-order valence-electron chi connectivity index (χ2n) is 10.2. The fourth-order valence-electron chi connectivity index (χ4n) is 5.33. The van der Waals surface area contributed by atoms with Crippen LogP contribution in [-0.2, 0) is 16.1 Å². The molecule has 1 spiro atoms. The number of anilines is 2. The first-order chi connectivity index (χ1) is 18.4. The summed E-state index contributed by atoms with van der Waals surface area (Å²) >= 11 is 0. The normalized spacial score (nSPS) is 20.4. The van der Waals surface area contributed by atoms with Crippen molar-refractivity contribution in [1.29, 1.82) is 0 Å². The van der Waals surface area contributed by atoms with Crippen LogP contribution in [0.3, 0.4) is 0 Å². The molecule has 11 heteroatoms. The lowest BCUT2D eigenvalue weighted by Crippen LogP contribution is -2.58. The SMILES string of the molecule is CN1C(=O)[C@H](NC(=O)c2ncn(Cc3ccc(F)cc3)n2)COc2ccc(N3CC4(CCOCC4)C3)cc21. The van der Waals surface area contributed by atoms with E-state index in [1.165, 1.54) is 28.0 Å². The van der Waals surface area contributed by atoms with E-state index in [0.717, 1.165) is 50.4 Å². The average molecular weight is 521 g/mol. The molecule has 0 radical (unpaired) electrons. The number of likely N-dealkylation sites (N-methyl/N-ethyl adjacent to an activating group) is 1. The van der Waals surface area contributed by atoms with Crippen LogP contribution in [0.2, 0.25) is 0 Å². The van der Waals surface area contributed by atoms with Gasteiger partial charge in [-0.05, 0) is 48.7 Å². The molecule has 0 bridgehead atoms. The second-order valence-corrected chi connectivity index (χ2v) is 10.2. The number of benzene rings is 2. The number of carbonyl (C=O) groups is 2. The van der Waals surface area contributed by atoms with Crippen LogP contribution in [-0.4, -0.2) is 72.6 Å². The summed E-state index contributed by atoms with van der Waals surface area (Å²) < 4.78 is 26.1. The molecule has 0 saturated carbocycles. The monoisotopic (exact) mass is 520 g/mol. The van der Waals surface area contributed by atoms with Gasteiger partial charge in [0.05, 0.1) is 12.2 Å². The van der Waals surface area contributed by atoms with E-state index in [4.69, 9.17) is 9.47 Å². The van der Waals surface area contributed by atoms with Crippen molar-refractivity contribution in [2.75, 3.05) is 49.8 Å². The lowest BCUT2D eigenvalue weighted by atomic mass is 9.73. The van der Waals surface area contributed by atoms with E-state index in [9.17, 15) is 14.0 Å². The van der Waals surface area contributed by atoms with Gasteiger partial charge >= 0.3 is 0 Å². The van der Waals surface area contributed by atoms with Gasteiger partial charge in [0, 0.05) is 44.5 Å². The zero-order chi connectivity index (χ0) is 26.3. The molecule has 38 heavy (non-hydrogen) atoms. The number of nitrogens with one attached hydrogen (secondary N) is 1. The van der Waals surface area contributed by atoms with E-state index in [1.807, 2.05) is 18.2 Å². The van der Waals surface area contributed by atoms with Crippen molar-refractivity contribution in [2.24, 2.45) is 5.41 Å². The summed E-state index contributed by atoms with van der Waals surface area (Å²) in [5, 5.41) is 6.91. The van der Waals surface area contributed by atoms with Crippen molar-refractivity contribution in [3.05, 3.63) is 66.0 Å². The third-order valence-electron chi connectivity index (χ3n) is 7.61. The Morgan fingerprint density at radius 2 is 1.92 bits per heavy atom. The lowest BCUT2D eigenvalue weighted by molar-refractivity contribution is -0.120. The Labute approximate surface area is 219 Å². The molecule has 4 heterocycles. The van der Waals surface area contributed by atoms with E-state index in [-0.39, 0.29) is 24.2 Å². The van der Waals surface area contributed by atoms with Gasteiger partial charge in [0.1, 0.15) is 30.5 Å². The maximum atomic E-state index is 13.3. The van der Waals surface area contributed by atoms with E-state index < -0.39 is 11.9 Å². The topological polar surface area (TPSA) is 102 Å². The zero-order valence-corrected chi connectivity index (χ0v) is 21.1. The molecule has 0 unspecified atom stereocenters. The van der Waals surface area contributed by atoms with Crippen LogP contribution in [0.5, 0.6) is 5.75 Å². The maximum absolute atomic E-state index is 13.3. The minimum absolute atomic E-state index is 0.00955. The van der Waals surface area contributed by atoms with Gasteiger partial charge < -0.3 is 24.6 Å². The van der Waals surface area contributed by atoms with Gasteiger partial charge in [-0.2, -0.15) is 0 Å². The number of hydrogen-bond donors (Lipinski definition) is 1. The Morgan fingerprint density at radius 1 is 1.16 bits per heavy atom. The molecule has 1 N–H and O–H groups in total. The van der Waals surface area contributed by atoms with Gasteiger partial charge in [0.25, 0.3) is 11.8 Å². The third kappa shape index (κ3) is 4.69. The molecule has 3 aromatic rings. The summed E-state index contributed by atoms with van der Waals surface area (Å²) in [7, 11) is 1.69. The summed E-state index contributed by atoms with van der Waals surface area (Å²) in [6.07, 6.45) is 3.58. The van der Waals surface area contributed by atoms with Crippen LogP contribution in [0, 0.1) is 11.2 Å². The first-order valence-electron chi connectivity index (χ1n) is 12.7. The predicted molar refractivity (Wildman–Crippen MR) is 137 cm³/mol. The highest BCUT2D eigenvalue weighted by atomic mass is 19.1. The van der Waals surface area contributed by atoms with E-state index in [1.54, 1.807) is 19.2 Å². The molecule has 1 aromatic heterocycles. The standard InChI is InChI=1S/C27H29FN6O4/c1-32-22-12-20(33-15-27(16-33)8-10-37-11-9-27)6-7-23(22)38-14-21(26(32)36)30-25(35)24-29-17-34(31-24)13-18-2-4-19(28)5-3-18/h2-7,12,17,21H,8-11,13-16H2,1H3,(H,30,35)/t21-/m1/s1. The summed E-state index contributed by atoms with van der Waals surface area (Å²) in [6, 6.07) is 11.0. The van der Waals surface area contributed by atoms with Crippen LogP contribution in [0.25, 0.3) is 0 Å². The molecule has 2 fully saturated rings. The summed E-state index contributed by atoms with van der Waals surface area (Å²) in [6.45, 7) is 3.92. The summed E-state index contributed by atoms with van der Waals surface area (Å²) in [5.41, 5.74) is 2.86. The van der Waals surface area contributed by atoms with Crippen LogP contribution in [0.15, 0.2) is 48.8 Å². The van der Waals surface area contributed by atoms with Gasteiger partial charge in [-0.25, -0.2) is 14.1 Å². The van der Waals surface area contributed by atoms with Crippen LogP contribution in [0.1, 0.15) is 29.0 Å². The van der Waals surface area contributed by atoms with Crippen molar-refractivity contribution in [1.82, 2.24) is 20.1 Å². The van der Waals surface area contributed by atoms with Crippen molar-refractivity contribution < 1.29 is 23.5 Å². The minimum Gasteiger partial charge on any atom is -0.489 e. The number of amides is 2. The van der Waals surface area contributed by atoms with Crippen molar-refractivity contribution in [2.45, 2.75) is 25.4 Å². The van der Waals surface area contributed by atoms with Gasteiger partial charge in [-0.3, -0.25) is 9.59 Å². The number of carbonyl (C=O) groups excluding carboxylic acids is 2. The molecule has 1 atom stereocenters. The smallest absolute Gasteiger partial charge is 0.291 e.